The lowest BCUT2D eigenvalue weighted by Gasteiger charge is -2.28. The molecule has 1 aromatic rings. The van der Waals surface area contributed by atoms with Crippen molar-refractivity contribution in [3.8, 4) is 0 Å². The monoisotopic (exact) mass is 313 g/mol. The molecule has 22 heavy (non-hydrogen) atoms. The van der Waals surface area contributed by atoms with Gasteiger partial charge in [0.05, 0.1) is 11.8 Å². The zero-order valence-corrected chi connectivity index (χ0v) is 12.9. The molecule has 3 rings (SSSR count). The van der Waals surface area contributed by atoms with E-state index >= 15 is 0 Å². The van der Waals surface area contributed by atoms with Gasteiger partial charge in [0, 0.05) is 5.69 Å². The van der Waals surface area contributed by atoms with E-state index in [-0.39, 0.29) is 22.3 Å². The van der Waals surface area contributed by atoms with Crippen molar-refractivity contribution in [1.29, 1.82) is 0 Å². The number of anilines is 1. The summed E-state index contributed by atoms with van der Waals surface area (Å²) in [7, 11) is 0. The zero-order chi connectivity index (χ0) is 15.7. The van der Waals surface area contributed by atoms with Crippen molar-refractivity contribution in [3.63, 3.8) is 0 Å². The maximum atomic E-state index is 12.6. The van der Waals surface area contributed by atoms with Gasteiger partial charge in [0.25, 0.3) is 0 Å². The van der Waals surface area contributed by atoms with Gasteiger partial charge < -0.3 is 5.32 Å². The zero-order valence-electron chi connectivity index (χ0n) is 12.2. The van der Waals surface area contributed by atoms with Crippen molar-refractivity contribution in [2.75, 3.05) is 5.32 Å². The molecule has 0 aromatic heterocycles. The normalized spacial score (nSPS) is 23.7. The van der Waals surface area contributed by atoms with Gasteiger partial charge in [-0.05, 0) is 24.1 Å². The Morgan fingerprint density at radius 3 is 2.18 bits per heavy atom. The van der Waals surface area contributed by atoms with Crippen molar-refractivity contribution in [2.45, 2.75) is 13.3 Å². The van der Waals surface area contributed by atoms with E-state index in [1.807, 2.05) is 24.3 Å². The number of rotatable bonds is 3. The average molecular weight is 314 g/mol. The van der Waals surface area contributed by atoms with Crippen LogP contribution in [0.5, 0.6) is 0 Å². The number of benzene rings is 1. The number of ketones is 2. The van der Waals surface area contributed by atoms with Gasteiger partial charge in [-0.15, -0.1) is 0 Å². The highest BCUT2D eigenvalue weighted by molar-refractivity contribution is 6.46. The predicted octanol–water partition coefficient (Wildman–Crippen LogP) is 3.62. The van der Waals surface area contributed by atoms with Gasteiger partial charge in [-0.1, -0.05) is 55.0 Å². The third kappa shape index (κ3) is 2.53. The molecule has 0 saturated heterocycles. The summed E-state index contributed by atoms with van der Waals surface area (Å²) in [6.07, 6.45) is 8.01. The number of hydrogen-bond donors (Lipinski definition) is 1. The first kappa shape index (κ1) is 14.8. The molecule has 0 aliphatic heterocycles. The van der Waals surface area contributed by atoms with Crippen LogP contribution in [0.4, 0.5) is 5.69 Å². The molecule has 4 heteroatoms. The Morgan fingerprint density at radius 1 is 1.00 bits per heavy atom. The molecule has 2 aliphatic rings. The molecule has 1 aromatic carbocycles. The number of aryl methyl sites for hydroxylation is 1. The fourth-order valence-electron chi connectivity index (χ4n) is 2.74. The Kier molecular flexibility index (Phi) is 3.99. The Balaban J connectivity index is 1.92. The Hall–Kier alpha value is -2.13. The second-order valence-electron chi connectivity index (χ2n) is 5.41. The number of fused-ring (bicyclic) bond motifs is 1. The highest BCUT2D eigenvalue weighted by Gasteiger charge is 2.40. The molecule has 0 amide bonds. The number of hydrogen-bond acceptors (Lipinski definition) is 3. The molecule has 2 unspecified atom stereocenters. The fourth-order valence-corrected chi connectivity index (χ4v) is 3.00. The molecule has 2 atom stereocenters. The first-order chi connectivity index (χ1) is 10.6. The van der Waals surface area contributed by atoms with Gasteiger partial charge in [0.1, 0.15) is 10.7 Å². The molecule has 1 N–H and O–H groups in total. The summed E-state index contributed by atoms with van der Waals surface area (Å²) in [5.74, 6) is -1.29. The molecule has 0 heterocycles. The van der Waals surface area contributed by atoms with E-state index in [1.54, 1.807) is 24.3 Å². The minimum absolute atomic E-state index is 0.00855. The van der Waals surface area contributed by atoms with E-state index in [4.69, 9.17) is 11.6 Å². The van der Waals surface area contributed by atoms with Crippen LogP contribution in [0.2, 0.25) is 0 Å². The highest BCUT2D eigenvalue weighted by atomic mass is 35.5. The van der Waals surface area contributed by atoms with Gasteiger partial charge in [0.15, 0.2) is 11.6 Å². The van der Waals surface area contributed by atoms with Gasteiger partial charge in [-0.25, -0.2) is 0 Å². The largest absolute Gasteiger partial charge is 0.351 e. The van der Waals surface area contributed by atoms with E-state index in [9.17, 15) is 9.59 Å². The Bertz CT molecular complexity index is 713. The summed E-state index contributed by atoms with van der Waals surface area (Å²) >= 11 is 6.15. The Labute approximate surface area is 134 Å². The number of nitrogens with one attached hydrogen (secondary N) is 1. The van der Waals surface area contributed by atoms with Crippen LogP contribution in [0.15, 0.2) is 59.3 Å². The first-order valence-electron chi connectivity index (χ1n) is 7.31. The molecule has 0 fully saturated rings. The lowest BCUT2D eigenvalue weighted by Crippen LogP contribution is -2.37. The van der Waals surface area contributed by atoms with Crippen LogP contribution >= 0.6 is 11.6 Å². The van der Waals surface area contributed by atoms with E-state index in [0.29, 0.717) is 0 Å². The van der Waals surface area contributed by atoms with Crippen LogP contribution in [0.1, 0.15) is 12.5 Å². The SMILES string of the molecule is CCc1ccc(NC2=C(Cl)C(=O)C3C=CC=CC3C2=O)cc1. The van der Waals surface area contributed by atoms with Gasteiger partial charge in [-0.2, -0.15) is 0 Å². The van der Waals surface area contributed by atoms with Crippen LogP contribution in [0.25, 0.3) is 0 Å². The molecular formula is C18H16ClNO2. The smallest absolute Gasteiger partial charge is 0.188 e. The second-order valence-corrected chi connectivity index (χ2v) is 5.79. The van der Waals surface area contributed by atoms with Crippen molar-refractivity contribution in [3.05, 3.63) is 64.9 Å². The minimum atomic E-state index is -0.474. The fraction of sp³-hybridized carbons (Fsp3) is 0.222. The van der Waals surface area contributed by atoms with Crippen LogP contribution in [0, 0.1) is 11.8 Å². The number of carbonyl (C=O) groups is 2. The lowest BCUT2D eigenvalue weighted by molar-refractivity contribution is -0.126. The van der Waals surface area contributed by atoms with Crippen molar-refractivity contribution in [1.82, 2.24) is 0 Å². The summed E-state index contributed by atoms with van der Waals surface area (Å²) in [6.45, 7) is 2.08. The van der Waals surface area contributed by atoms with Gasteiger partial charge >= 0.3 is 0 Å². The third-order valence-electron chi connectivity index (χ3n) is 4.05. The van der Waals surface area contributed by atoms with Crippen LogP contribution < -0.4 is 5.32 Å². The summed E-state index contributed by atoms with van der Waals surface area (Å²) in [5, 5.41) is 3.01. The number of allylic oxidation sites excluding steroid dienone is 6. The van der Waals surface area contributed by atoms with Crippen molar-refractivity contribution in [2.24, 2.45) is 11.8 Å². The topological polar surface area (TPSA) is 46.2 Å². The quantitative estimate of drug-likeness (QED) is 0.927. The maximum Gasteiger partial charge on any atom is 0.188 e. The van der Waals surface area contributed by atoms with Crippen molar-refractivity contribution < 1.29 is 9.59 Å². The molecule has 0 radical (unpaired) electrons. The summed E-state index contributed by atoms with van der Waals surface area (Å²) < 4.78 is 0. The summed E-state index contributed by atoms with van der Waals surface area (Å²) in [5.41, 5.74) is 2.15. The molecule has 3 nitrogen and oxygen atoms in total. The standard InChI is InChI=1S/C18H16ClNO2/c1-2-11-7-9-12(10-8-11)20-16-15(19)17(21)13-5-3-4-6-14(13)18(16)22/h3-10,13-14,20H,2H2,1H3. The van der Waals surface area contributed by atoms with Gasteiger partial charge in [-0.3, -0.25) is 9.59 Å². The second kappa shape index (κ2) is 5.93. The van der Waals surface area contributed by atoms with E-state index < -0.39 is 11.8 Å². The number of carbonyl (C=O) groups excluding carboxylic acids is 2. The van der Waals surface area contributed by atoms with Crippen LogP contribution in [-0.2, 0) is 16.0 Å². The van der Waals surface area contributed by atoms with E-state index in [0.717, 1.165) is 12.1 Å². The highest BCUT2D eigenvalue weighted by Crippen LogP contribution is 2.35. The van der Waals surface area contributed by atoms with Crippen LogP contribution in [0.3, 0.4) is 0 Å². The minimum Gasteiger partial charge on any atom is -0.351 e. The summed E-state index contributed by atoms with van der Waals surface area (Å²) in [6, 6.07) is 7.74. The Morgan fingerprint density at radius 2 is 1.59 bits per heavy atom. The maximum absolute atomic E-state index is 12.6. The lowest BCUT2D eigenvalue weighted by atomic mass is 9.77. The average Bonchev–Trinajstić information content (AvgIpc) is 2.57. The molecule has 0 spiro atoms. The molecule has 0 saturated carbocycles. The van der Waals surface area contributed by atoms with Gasteiger partial charge in [0.2, 0.25) is 0 Å². The van der Waals surface area contributed by atoms with E-state index in [1.165, 1.54) is 5.56 Å². The first-order valence-corrected chi connectivity index (χ1v) is 7.68. The summed E-state index contributed by atoms with van der Waals surface area (Å²) in [4.78, 5) is 24.9. The molecule has 0 bridgehead atoms. The number of halogens is 1. The third-order valence-corrected chi connectivity index (χ3v) is 4.43. The molecular weight excluding hydrogens is 298 g/mol. The van der Waals surface area contributed by atoms with Crippen molar-refractivity contribution >= 4 is 28.9 Å². The molecule has 112 valence electrons. The predicted molar refractivity (Wildman–Crippen MR) is 87.6 cm³/mol. The molecule has 2 aliphatic carbocycles. The van der Waals surface area contributed by atoms with E-state index in [2.05, 4.69) is 12.2 Å². The number of Topliss-reactive ketones (excluding diaryl/α,β-unsaturated/α-hetero) is 2. The van der Waals surface area contributed by atoms with Crippen LogP contribution in [-0.4, -0.2) is 11.6 Å².